The van der Waals surface area contributed by atoms with Crippen LogP contribution in [0.4, 0.5) is 5.69 Å². The van der Waals surface area contributed by atoms with E-state index in [-0.39, 0.29) is 5.91 Å². The van der Waals surface area contributed by atoms with Crippen LogP contribution < -0.4 is 16.4 Å². The van der Waals surface area contributed by atoms with Gasteiger partial charge in [-0.05, 0) is 18.2 Å². The van der Waals surface area contributed by atoms with Gasteiger partial charge in [0.25, 0.3) is 11.8 Å². The largest absolute Gasteiger partial charge is 0.383 e. The summed E-state index contributed by atoms with van der Waals surface area (Å²) in [5, 5.41) is 5.77. The number of carbonyl (C=O) groups is 2. The average molecular weight is 285 g/mol. The number of anilines is 1. The second kappa shape index (κ2) is 6.99. The Morgan fingerprint density at radius 1 is 1.10 bits per heavy atom. The molecule has 0 aliphatic rings. The molecule has 0 saturated carbocycles. The molecular formula is C14H15N5O2. The zero-order chi connectivity index (χ0) is 15.1. The molecule has 21 heavy (non-hydrogen) atoms. The Morgan fingerprint density at radius 3 is 2.62 bits per heavy atom. The number of carbonyl (C=O) groups excluding carboxylic acids is 2. The van der Waals surface area contributed by atoms with Gasteiger partial charge in [-0.2, -0.15) is 0 Å². The van der Waals surface area contributed by atoms with E-state index in [0.29, 0.717) is 29.9 Å². The van der Waals surface area contributed by atoms with Gasteiger partial charge in [-0.25, -0.2) is 0 Å². The van der Waals surface area contributed by atoms with Gasteiger partial charge in [0.2, 0.25) is 0 Å². The van der Waals surface area contributed by atoms with Crippen molar-refractivity contribution in [1.29, 1.82) is 0 Å². The van der Waals surface area contributed by atoms with Crippen LogP contribution in [0, 0.1) is 0 Å². The highest BCUT2D eigenvalue weighted by atomic mass is 16.2. The number of hydrogen-bond donors (Lipinski definition) is 3. The molecule has 2 aromatic rings. The van der Waals surface area contributed by atoms with Gasteiger partial charge in [0.05, 0.1) is 16.8 Å². The summed E-state index contributed by atoms with van der Waals surface area (Å²) in [5.41, 5.74) is 6.65. The van der Waals surface area contributed by atoms with Crippen LogP contribution in [0.1, 0.15) is 20.7 Å². The smallest absolute Gasteiger partial charge is 0.252 e. The third kappa shape index (κ3) is 4.00. The zero-order valence-electron chi connectivity index (χ0n) is 11.2. The molecule has 0 radical (unpaired) electrons. The molecule has 108 valence electrons. The van der Waals surface area contributed by atoms with Crippen molar-refractivity contribution < 1.29 is 9.59 Å². The minimum Gasteiger partial charge on any atom is -0.383 e. The van der Waals surface area contributed by atoms with E-state index in [0.717, 1.165) is 0 Å². The fourth-order valence-electron chi connectivity index (χ4n) is 1.72. The van der Waals surface area contributed by atoms with E-state index in [1.54, 1.807) is 30.6 Å². The quantitative estimate of drug-likeness (QED) is 0.666. The van der Waals surface area contributed by atoms with Gasteiger partial charge < -0.3 is 16.4 Å². The highest BCUT2D eigenvalue weighted by Gasteiger charge is 2.07. The fourth-order valence-corrected chi connectivity index (χ4v) is 1.72. The van der Waals surface area contributed by atoms with Crippen LogP contribution in [-0.4, -0.2) is 34.9 Å². The van der Waals surface area contributed by atoms with E-state index in [4.69, 9.17) is 5.73 Å². The molecule has 0 aliphatic carbocycles. The van der Waals surface area contributed by atoms with Crippen LogP contribution in [-0.2, 0) is 0 Å². The first-order valence-electron chi connectivity index (χ1n) is 6.34. The Morgan fingerprint density at radius 2 is 1.90 bits per heavy atom. The summed E-state index contributed by atoms with van der Waals surface area (Å²) in [6.07, 6.45) is 6.06. The van der Waals surface area contributed by atoms with Gasteiger partial charge in [0, 0.05) is 37.9 Å². The van der Waals surface area contributed by atoms with Crippen molar-refractivity contribution in [3.8, 4) is 0 Å². The Labute approximate surface area is 121 Å². The predicted molar refractivity (Wildman–Crippen MR) is 77.8 cm³/mol. The van der Waals surface area contributed by atoms with E-state index in [1.807, 2.05) is 0 Å². The molecule has 0 aromatic carbocycles. The second-order valence-electron chi connectivity index (χ2n) is 4.21. The Bertz CT molecular complexity index is 630. The molecule has 0 unspecified atom stereocenters. The summed E-state index contributed by atoms with van der Waals surface area (Å²) in [4.78, 5) is 30.7. The summed E-state index contributed by atoms with van der Waals surface area (Å²) in [7, 11) is 0. The van der Waals surface area contributed by atoms with Crippen molar-refractivity contribution in [2.45, 2.75) is 0 Å². The topological polar surface area (TPSA) is 110 Å². The van der Waals surface area contributed by atoms with E-state index in [1.165, 1.54) is 12.4 Å². The van der Waals surface area contributed by atoms with Gasteiger partial charge in [-0.1, -0.05) is 0 Å². The minimum atomic E-state index is -0.551. The SMILES string of the molecule is NC(=O)c1cnccc1NCCNC(=O)c1cccnc1. The van der Waals surface area contributed by atoms with E-state index in [9.17, 15) is 9.59 Å². The normalized spacial score (nSPS) is 9.90. The van der Waals surface area contributed by atoms with Crippen molar-refractivity contribution >= 4 is 17.5 Å². The van der Waals surface area contributed by atoms with Crippen molar-refractivity contribution in [1.82, 2.24) is 15.3 Å². The number of nitrogens with zero attached hydrogens (tertiary/aromatic N) is 2. The number of rotatable bonds is 6. The number of amides is 2. The third-order valence-corrected chi connectivity index (χ3v) is 2.74. The number of aromatic nitrogens is 2. The van der Waals surface area contributed by atoms with Crippen LogP contribution >= 0.6 is 0 Å². The molecule has 7 heteroatoms. The zero-order valence-corrected chi connectivity index (χ0v) is 11.2. The molecule has 2 aromatic heterocycles. The Balaban J connectivity index is 1.83. The Kier molecular flexibility index (Phi) is 4.81. The van der Waals surface area contributed by atoms with E-state index in [2.05, 4.69) is 20.6 Å². The summed E-state index contributed by atoms with van der Waals surface area (Å²) in [6.45, 7) is 0.852. The number of nitrogens with two attached hydrogens (primary N) is 1. The molecule has 0 spiro atoms. The summed E-state index contributed by atoms with van der Waals surface area (Å²) >= 11 is 0. The van der Waals surface area contributed by atoms with Crippen LogP contribution in [0.25, 0.3) is 0 Å². The molecule has 4 N–H and O–H groups in total. The van der Waals surface area contributed by atoms with E-state index >= 15 is 0 Å². The van der Waals surface area contributed by atoms with Crippen molar-refractivity contribution in [3.63, 3.8) is 0 Å². The fraction of sp³-hybridized carbons (Fsp3) is 0.143. The van der Waals surface area contributed by atoms with Crippen LogP contribution in [0.15, 0.2) is 43.0 Å². The molecule has 2 heterocycles. The Hall–Kier alpha value is -2.96. The molecule has 0 fully saturated rings. The molecule has 0 saturated heterocycles. The first-order chi connectivity index (χ1) is 10.2. The van der Waals surface area contributed by atoms with Gasteiger partial charge in [0.1, 0.15) is 0 Å². The van der Waals surface area contributed by atoms with Crippen molar-refractivity contribution in [2.24, 2.45) is 5.73 Å². The lowest BCUT2D eigenvalue weighted by molar-refractivity contribution is 0.0953. The van der Waals surface area contributed by atoms with Gasteiger partial charge in [-0.15, -0.1) is 0 Å². The average Bonchev–Trinajstić information content (AvgIpc) is 2.52. The maximum atomic E-state index is 11.8. The number of pyridine rings is 2. The third-order valence-electron chi connectivity index (χ3n) is 2.74. The number of primary amides is 1. The highest BCUT2D eigenvalue weighted by Crippen LogP contribution is 2.11. The first kappa shape index (κ1) is 14.4. The molecule has 2 rings (SSSR count). The molecule has 0 bridgehead atoms. The molecule has 0 aliphatic heterocycles. The van der Waals surface area contributed by atoms with Gasteiger partial charge in [0.15, 0.2) is 0 Å². The minimum absolute atomic E-state index is 0.199. The van der Waals surface area contributed by atoms with Crippen molar-refractivity contribution in [2.75, 3.05) is 18.4 Å². The first-order valence-corrected chi connectivity index (χ1v) is 6.34. The molecular weight excluding hydrogens is 270 g/mol. The van der Waals surface area contributed by atoms with Gasteiger partial charge >= 0.3 is 0 Å². The lowest BCUT2D eigenvalue weighted by Crippen LogP contribution is -2.29. The predicted octanol–water partition coefficient (Wildman–Crippen LogP) is 0.417. The summed E-state index contributed by atoms with van der Waals surface area (Å²) in [6, 6.07) is 5.04. The standard InChI is InChI=1S/C14H15N5O2/c15-13(20)11-9-17-5-3-12(11)18-6-7-19-14(21)10-2-1-4-16-8-10/h1-5,8-9H,6-7H2,(H2,15,20)(H,17,18)(H,19,21). The number of nitrogens with one attached hydrogen (secondary N) is 2. The van der Waals surface area contributed by atoms with Crippen molar-refractivity contribution in [3.05, 3.63) is 54.1 Å². The summed E-state index contributed by atoms with van der Waals surface area (Å²) in [5.74, 6) is -0.750. The summed E-state index contributed by atoms with van der Waals surface area (Å²) < 4.78 is 0. The van der Waals surface area contributed by atoms with Crippen LogP contribution in [0.5, 0.6) is 0 Å². The lowest BCUT2D eigenvalue weighted by atomic mass is 10.2. The van der Waals surface area contributed by atoms with Crippen LogP contribution in [0.2, 0.25) is 0 Å². The van der Waals surface area contributed by atoms with Crippen LogP contribution in [0.3, 0.4) is 0 Å². The molecule has 7 nitrogen and oxygen atoms in total. The lowest BCUT2D eigenvalue weighted by Gasteiger charge is -2.10. The second-order valence-corrected chi connectivity index (χ2v) is 4.21. The highest BCUT2D eigenvalue weighted by molar-refractivity contribution is 5.98. The monoisotopic (exact) mass is 285 g/mol. The number of hydrogen-bond acceptors (Lipinski definition) is 5. The maximum absolute atomic E-state index is 11.8. The maximum Gasteiger partial charge on any atom is 0.252 e. The molecule has 0 atom stereocenters. The van der Waals surface area contributed by atoms with Gasteiger partial charge in [-0.3, -0.25) is 19.6 Å². The molecule has 2 amide bonds. The van der Waals surface area contributed by atoms with E-state index < -0.39 is 5.91 Å².